The van der Waals surface area contributed by atoms with Crippen molar-refractivity contribution in [3.8, 4) is 0 Å². The Morgan fingerprint density at radius 1 is 1.18 bits per heavy atom. The van der Waals surface area contributed by atoms with Gasteiger partial charge in [-0.15, -0.1) is 0 Å². The van der Waals surface area contributed by atoms with Gasteiger partial charge in [0.15, 0.2) is 27.3 Å². The van der Waals surface area contributed by atoms with E-state index in [1.807, 2.05) is 13.8 Å². The summed E-state index contributed by atoms with van der Waals surface area (Å²) in [7, 11) is -3.96. The standard InChI is InChI=1S/C24H25ClF3NO4S/c1-3-24(31)10-14-6-12(2)16(11-24)22(14)34(32,33)20-7-13(4-5-17(20)25)23(30)29-15-8-18(26)21(28)19(27)9-15/h4-5,7-9,12,14,16,22,31H,3,6,10-11H2,1-2H3,(H,29,30)/t12-,14-,16?,22?,24+/m0/s1. The topological polar surface area (TPSA) is 83.5 Å². The number of benzene rings is 2. The first-order valence-electron chi connectivity index (χ1n) is 11.1. The minimum atomic E-state index is -3.96. The highest BCUT2D eigenvalue weighted by Crippen LogP contribution is 2.54. The second kappa shape index (κ2) is 8.84. The minimum absolute atomic E-state index is 0.0428. The lowest BCUT2D eigenvalue weighted by molar-refractivity contribution is -0.0242. The number of amides is 1. The molecule has 184 valence electrons. The van der Waals surface area contributed by atoms with Crippen LogP contribution in [0, 0.1) is 35.2 Å². The highest BCUT2D eigenvalue weighted by molar-refractivity contribution is 7.92. The summed E-state index contributed by atoms with van der Waals surface area (Å²) in [6, 6.07) is 4.97. The normalized spacial score (nSPS) is 28.7. The maximum Gasteiger partial charge on any atom is 0.255 e. The third-order valence-electron chi connectivity index (χ3n) is 7.31. The molecule has 0 spiro atoms. The number of carbonyl (C=O) groups is 1. The van der Waals surface area contributed by atoms with Gasteiger partial charge in [0, 0.05) is 23.4 Å². The smallest absolute Gasteiger partial charge is 0.255 e. The summed E-state index contributed by atoms with van der Waals surface area (Å²) < 4.78 is 67.6. The van der Waals surface area contributed by atoms with Crippen LogP contribution < -0.4 is 5.32 Å². The van der Waals surface area contributed by atoms with Crippen LogP contribution in [-0.2, 0) is 9.84 Å². The zero-order valence-corrected chi connectivity index (χ0v) is 20.2. The Hall–Kier alpha value is -2.10. The molecule has 2 bridgehead atoms. The van der Waals surface area contributed by atoms with Crippen LogP contribution >= 0.6 is 11.6 Å². The van der Waals surface area contributed by atoms with Crippen molar-refractivity contribution in [2.45, 2.75) is 55.3 Å². The van der Waals surface area contributed by atoms with Gasteiger partial charge in [-0.25, -0.2) is 21.6 Å². The largest absolute Gasteiger partial charge is 0.390 e. The van der Waals surface area contributed by atoms with Gasteiger partial charge in [0.05, 0.1) is 20.8 Å². The number of fused-ring (bicyclic) bond motifs is 2. The number of anilines is 1. The molecule has 0 radical (unpaired) electrons. The Labute approximate surface area is 201 Å². The fraction of sp³-hybridized carbons (Fsp3) is 0.458. The van der Waals surface area contributed by atoms with Gasteiger partial charge in [0.2, 0.25) is 0 Å². The second-order valence-corrected chi connectivity index (χ2v) is 12.0. The van der Waals surface area contributed by atoms with E-state index in [1.165, 1.54) is 12.1 Å². The van der Waals surface area contributed by atoms with Crippen LogP contribution in [0.3, 0.4) is 0 Å². The van der Waals surface area contributed by atoms with Crippen molar-refractivity contribution in [1.29, 1.82) is 0 Å². The van der Waals surface area contributed by atoms with Gasteiger partial charge in [0.25, 0.3) is 5.91 Å². The molecule has 5 nitrogen and oxygen atoms in total. The Bertz CT molecular complexity index is 1230. The van der Waals surface area contributed by atoms with Crippen LogP contribution in [0.15, 0.2) is 35.2 Å². The van der Waals surface area contributed by atoms with Gasteiger partial charge in [-0.05, 0) is 61.6 Å². The van der Waals surface area contributed by atoms with E-state index >= 15 is 0 Å². The number of sulfone groups is 1. The van der Waals surface area contributed by atoms with Crippen molar-refractivity contribution in [2.75, 3.05) is 5.32 Å². The average molecular weight is 516 g/mol. The van der Waals surface area contributed by atoms with E-state index in [4.69, 9.17) is 11.6 Å². The van der Waals surface area contributed by atoms with Crippen LogP contribution in [0.1, 0.15) is 49.9 Å². The molecule has 4 rings (SSSR count). The van der Waals surface area contributed by atoms with Crippen LogP contribution in [0.5, 0.6) is 0 Å². The van der Waals surface area contributed by atoms with Crippen LogP contribution in [0.2, 0.25) is 5.02 Å². The SMILES string of the molecule is CC[C@]1(O)CC2C(S(=O)(=O)c3cc(C(=O)Nc4cc(F)c(F)c(F)c4)ccc3Cl)[C@@H](C[C@@H]2C)C1. The Balaban J connectivity index is 1.65. The lowest BCUT2D eigenvalue weighted by Crippen LogP contribution is -2.46. The number of aliphatic hydroxyl groups is 1. The van der Waals surface area contributed by atoms with Crippen molar-refractivity contribution in [1.82, 2.24) is 0 Å². The molecule has 2 aromatic rings. The Morgan fingerprint density at radius 2 is 1.82 bits per heavy atom. The second-order valence-electron chi connectivity index (χ2n) is 9.49. The average Bonchev–Trinajstić information content (AvgIpc) is 2.99. The van der Waals surface area contributed by atoms with Crippen LogP contribution in [0.25, 0.3) is 0 Å². The molecule has 2 N–H and O–H groups in total. The summed E-state index contributed by atoms with van der Waals surface area (Å²) in [5.41, 5.74) is -1.30. The van der Waals surface area contributed by atoms with E-state index in [9.17, 15) is 31.5 Å². The van der Waals surface area contributed by atoms with Gasteiger partial charge in [0.1, 0.15) is 0 Å². The lowest BCUT2D eigenvalue weighted by atomic mass is 9.75. The van der Waals surface area contributed by atoms with Crippen molar-refractivity contribution >= 4 is 33.0 Å². The third kappa shape index (κ3) is 4.33. The zero-order chi connectivity index (χ0) is 25.0. The monoisotopic (exact) mass is 515 g/mol. The molecule has 2 aliphatic carbocycles. The molecule has 0 heterocycles. The predicted octanol–water partition coefficient (Wildman–Crippen LogP) is 5.36. The molecular weight excluding hydrogens is 491 g/mol. The van der Waals surface area contributed by atoms with Crippen molar-refractivity contribution in [3.63, 3.8) is 0 Å². The van der Waals surface area contributed by atoms with Crippen molar-refractivity contribution < 1.29 is 31.5 Å². The molecule has 0 aliphatic heterocycles. The summed E-state index contributed by atoms with van der Waals surface area (Å²) in [6.45, 7) is 3.87. The molecule has 2 fully saturated rings. The molecule has 5 atom stereocenters. The molecule has 2 unspecified atom stereocenters. The molecule has 10 heteroatoms. The van der Waals surface area contributed by atoms with E-state index in [-0.39, 0.29) is 38.9 Å². The number of carbonyl (C=O) groups excluding carboxylic acids is 1. The van der Waals surface area contributed by atoms with Gasteiger partial charge in [-0.1, -0.05) is 25.4 Å². The van der Waals surface area contributed by atoms with Crippen LogP contribution in [0.4, 0.5) is 18.9 Å². The van der Waals surface area contributed by atoms with Gasteiger partial charge >= 0.3 is 0 Å². The van der Waals surface area contributed by atoms with Crippen LogP contribution in [-0.4, -0.2) is 30.3 Å². The predicted molar refractivity (Wildman–Crippen MR) is 122 cm³/mol. The van der Waals surface area contributed by atoms with Crippen molar-refractivity contribution in [2.24, 2.45) is 17.8 Å². The van der Waals surface area contributed by atoms with Crippen molar-refractivity contribution in [3.05, 3.63) is 58.4 Å². The number of nitrogens with one attached hydrogen (secondary N) is 1. The maximum atomic E-state index is 13.7. The summed E-state index contributed by atoms with van der Waals surface area (Å²) in [6.07, 6.45) is 1.98. The quantitative estimate of drug-likeness (QED) is 0.525. The Morgan fingerprint density at radius 3 is 2.41 bits per heavy atom. The number of hydrogen-bond acceptors (Lipinski definition) is 4. The summed E-state index contributed by atoms with van der Waals surface area (Å²) in [5.74, 6) is -5.80. The molecule has 0 aromatic heterocycles. The highest BCUT2D eigenvalue weighted by atomic mass is 35.5. The number of halogens is 4. The van der Waals surface area contributed by atoms with E-state index in [0.717, 1.165) is 6.07 Å². The van der Waals surface area contributed by atoms with E-state index in [2.05, 4.69) is 5.32 Å². The summed E-state index contributed by atoms with van der Waals surface area (Å²) in [5, 5.41) is 12.3. The maximum absolute atomic E-state index is 13.7. The fourth-order valence-electron chi connectivity index (χ4n) is 5.60. The van der Waals surface area contributed by atoms with E-state index in [0.29, 0.717) is 37.8 Å². The molecule has 1 amide bonds. The van der Waals surface area contributed by atoms with Gasteiger partial charge in [-0.3, -0.25) is 4.79 Å². The molecule has 2 aliphatic rings. The Kier molecular flexibility index (Phi) is 6.50. The van der Waals surface area contributed by atoms with Gasteiger partial charge in [-0.2, -0.15) is 0 Å². The molecule has 2 aromatic carbocycles. The molecule has 34 heavy (non-hydrogen) atoms. The third-order valence-corrected chi connectivity index (χ3v) is 10.2. The molecular formula is C24H25ClF3NO4S. The minimum Gasteiger partial charge on any atom is -0.390 e. The number of rotatable bonds is 5. The molecule has 0 saturated heterocycles. The summed E-state index contributed by atoms with van der Waals surface area (Å²) in [4.78, 5) is 12.5. The first-order valence-corrected chi connectivity index (χ1v) is 13.0. The van der Waals surface area contributed by atoms with E-state index < -0.39 is 44.0 Å². The fourth-order valence-corrected chi connectivity index (χ4v) is 8.50. The highest BCUT2D eigenvalue weighted by Gasteiger charge is 2.56. The molecule has 2 saturated carbocycles. The lowest BCUT2D eigenvalue weighted by Gasteiger charge is -2.41. The first kappa shape index (κ1) is 25.0. The number of hydrogen-bond donors (Lipinski definition) is 2. The zero-order valence-electron chi connectivity index (χ0n) is 18.6. The van der Waals surface area contributed by atoms with Gasteiger partial charge < -0.3 is 10.4 Å². The summed E-state index contributed by atoms with van der Waals surface area (Å²) >= 11 is 6.26. The van der Waals surface area contributed by atoms with E-state index in [1.54, 1.807) is 0 Å². The first-order chi connectivity index (χ1) is 15.9.